The predicted molar refractivity (Wildman–Crippen MR) is 140 cm³/mol. The van der Waals surface area contributed by atoms with Crippen molar-refractivity contribution >= 4 is 35.0 Å². The third-order valence-electron chi connectivity index (χ3n) is 8.28. The van der Waals surface area contributed by atoms with Gasteiger partial charge < -0.3 is 14.5 Å². The molecule has 1 aromatic carbocycles. The van der Waals surface area contributed by atoms with E-state index in [-0.39, 0.29) is 34.5 Å². The van der Waals surface area contributed by atoms with Crippen molar-refractivity contribution in [2.75, 3.05) is 32.8 Å². The van der Waals surface area contributed by atoms with Crippen LogP contribution < -0.4 is 4.74 Å². The van der Waals surface area contributed by atoms with Gasteiger partial charge in [0.2, 0.25) is 17.7 Å². The number of ether oxygens (including phenoxy) is 1. The Morgan fingerprint density at radius 3 is 2.28 bits per heavy atom. The van der Waals surface area contributed by atoms with E-state index in [2.05, 4.69) is 18.8 Å². The third kappa shape index (κ3) is 5.21. The molecule has 192 valence electrons. The fourth-order valence-electron chi connectivity index (χ4n) is 5.63. The van der Waals surface area contributed by atoms with E-state index in [9.17, 15) is 9.59 Å². The fraction of sp³-hybridized carbons (Fsp3) is 0.536. The monoisotopic (exact) mass is 529 g/mol. The molecule has 2 amide bonds. The van der Waals surface area contributed by atoms with Gasteiger partial charge in [0, 0.05) is 66.1 Å². The van der Waals surface area contributed by atoms with Gasteiger partial charge in [0.05, 0.1) is 11.6 Å². The number of rotatable bonds is 6. The van der Waals surface area contributed by atoms with Crippen LogP contribution in [0.4, 0.5) is 0 Å². The second-order valence-electron chi connectivity index (χ2n) is 11.2. The Bertz CT molecular complexity index is 1110. The van der Waals surface area contributed by atoms with Crippen LogP contribution in [0.3, 0.4) is 0 Å². The molecule has 2 atom stereocenters. The number of aromatic nitrogens is 1. The number of halogens is 2. The van der Waals surface area contributed by atoms with Crippen molar-refractivity contribution in [2.45, 2.75) is 45.4 Å². The Labute approximate surface area is 222 Å². The van der Waals surface area contributed by atoms with Gasteiger partial charge in [-0.3, -0.25) is 9.59 Å². The van der Waals surface area contributed by atoms with Gasteiger partial charge in [-0.15, -0.1) is 0 Å². The highest BCUT2D eigenvalue weighted by Crippen LogP contribution is 2.47. The number of hydrogen-bond donors (Lipinski definition) is 0. The summed E-state index contributed by atoms with van der Waals surface area (Å²) in [4.78, 5) is 34.6. The van der Waals surface area contributed by atoms with Gasteiger partial charge in [0.25, 0.3) is 0 Å². The topological polar surface area (TPSA) is 62.7 Å². The summed E-state index contributed by atoms with van der Waals surface area (Å²) < 4.78 is 6.10. The summed E-state index contributed by atoms with van der Waals surface area (Å²) in [5.41, 5.74) is 0.684. The van der Waals surface area contributed by atoms with E-state index in [0.29, 0.717) is 48.7 Å². The summed E-state index contributed by atoms with van der Waals surface area (Å²) in [6, 6.07) is 11.4. The highest BCUT2D eigenvalue weighted by atomic mass is 35.5. The van der Waals surface area contributed by atoms with Crippen molar-refractivity contribution in [2.24, 2.45) is 16.7 Å². The van der Waals surface area contributed by atoms with Crippen LogP contribution in [0.1, 0.15) is 51.0 Å². The molecule has 0 unspecified atom stereocenters. The number of likely N-dealkylation sites (tertiary alicyclic amines) is 2. The Morgan fingerprint density at radius 1 is 1.00 bits per heavy atom. The molecule has 2 aromatic rings. The molecule has 5 rings (SSSR count). The second-order valence-corrected chi connectivity index (χ2v) is 12.1. The van der Waals surface area contributed by atoms with E-state index in [1.807, 2.05) is 34.1 Å². The molecule has 0 spiro atoms. The first kappa shape index (κ1) is 25.3. The minimum absolute atomic E-state index is 0.0480. The lowest BCUT2D eigenvalue weighted by molar-refractivity contribution is -0.142. The zero-order valence-electron chi connectivity index (χ0n) is 20.9. The fourth-order valence-corrected chi connectivity index (χ4v) is 5.86. The molecule has 36 heavy (non-hydrogen) atoms. The van der Waals surface area contributed by atoms with Gasteiger partial charge in [-0.1, -0.05) is 49.2 Å². The number of carbonyl (C=O) groups is 2. The minimum atomic E-state index is -0.304. The van der Waals surface area contributed by atoms with E-state index < -0.39 is 0 Å². The van der Waals surface area contributed by atoms with E-state index in [4.69, 9.17) is 27.9 Å². The number of benzene rings is 1. The first-order chi connectivity index (χ1) is 17.2. The molecule has 3 aliphatic rings. The zero-order valence-corrected chi connectivity index (χ0v) is 22.4. The van der Waals surface area contributed by atoms with Crippen LogP contribution in [0.5, 0.6) is 5.88 Å². The highest BCUT2D eigenvalue weighted by Gasteiger charge is 2.49. The number of pyridine rings is 1. The Balaban J connectivity index is 1.28. The van der Waals surface area contributed by atoms with Crippen LogP contribution in [-0.4, -0.2) is 59.4 Å². The zero-order chi connectivity index (χ0) is 25.5. The van der Waals surface area contributed by atoms with Gasteiger partial charge in [0.15, 0.2) is 0 Å². The lowest BCUT2D eigenvalue weighted by Crippen LogP contribution is -2.46. The second kappa shape index (κ2) is 9.86. The molecule has 1 aromatic heterocycles. The summed E-state index contributed by atoms with van der Waals surface area (Å²) in [7, 11) is 0. The first-order valence-corrected chi connectivity index (χ1v) is 13.5. The Hall–Kier alpha value is -2.31. The number of piperidine rings is 1. The molecule has 6 nitrogen and oxygen atoms in total. The average molecular weight is 530 g/mol. The van der Waals surface area contributed by atoms with Crippen molar-refractivity contribution in [3.05, 3.63) is 58.2 Å². The van der Waals surface area contributed by atoms with Gasteiger partial charge in [0.1, 0.15) is 0 Å². The Kier molecular flexibility index (Phi) is 6.94. The standard InChI is InChI=1S/C28H33Cl2N3O3/c1-27(11-12-27)26(35)32-13-9-20(10-14-32)25(34)33-16-23(19-3-5-21(29)6-4-19)28(2,17-33)18-36-24-8-7-22(30)15-31-24/h3-8,15,20,23H,9-14,16-18H2,1-2H3/t23-,28-/m1/s1. The number of amides is 2. The van der Waals surface area contributed by atoms with E-state index in [0.717, 1.165) is 31.2 Å². The highest BCUT2D eigenvalue weighted by molar-refractivity contribution is 6.30. The molecule has 2 aliphatic heterocycles. The summed E-state index contributed by atoms with van der Waals surface area (Å²) in [5.74, 6) is 1.02. The van der Waals surface area contributed by atoms with Crippen LogP contribution in [0.25, 0.3) is 0 Å². The third-order valence-corrected chi connectivity index (χ3v) is 8.75. The SMILES string of the molecule is CC1(C(=O)N2CCC(C(=O)N3C[C@H](c4ccc(Cl)cc4)[C@@](C)(COc4ccc(Cl)cn4)C3)CC2)CC1. The van der Waals surface area contributed by atoms with Gasteiger partial charge >= 0.3 is 0 Å². The first-order valence-electron chi connectivity index (χ1n) is 12.7. The van der Waals surface area contributed by atoms with Gasteiger partial charge in [-0.2, -0.15) is 0 Å². The lowest BCUT2D eigenvalue weighted by Gasteiger charge is -2.35. The molecule has 3 fully saturated rings. The molecule has 1 saturated carbocycles. The van der Waals surface area contributed by atoms with Crippen LogP contribution in [-0.2, 0) is 9.59 Å². The molecular weight excluding hydrogens is 497 g/mol. The summed E-state index contributed by atoms with van der Waals surface area (Å²) in [5, 5.41) is 1.25. The maximum Gasteiger partial charge on any atom is 0.228 e. The van der Waals surface area contributed by atoms with E-state index in [1.165, 1.54) is 0 Å². The molecule has 0 N–H and O–H groups in total. The predicted octanol–water partition coefficient (Wildman–Crippen LogP) is 5.44. The number of carbonyl (C=O) groups excluding carboxylic acids is 2. The molecule has 0 radical (unpaired) electrons. The minimum Gasteiger partial charge on any atom is -0.477 e. The van der Waals surface area contributed by atoms with E-state index >= 15 is 0 Å². The Morgan fingerprint density at radius 2 is 1.67 bits per heavy atom. The van der Waals surface area contributed by atoms with Crippen LogP contribution >= 0.6 is 23.2 Å². The lowest BCUT2D eigenvalue weighted by atomic mass is 9.77. The largest absolute Gasteiger partial charge is 0.477 e. The molecule has 0 bridgehead atoms. The van der Waals surface area contributed by atoms with Crippen molar-refractivity contribution < 1.29 is 14.3 Å². The van der Waals surface area contributed by atoms with Crippen LogP contribution in [0.2, 0.25) is 10.0 Å². The van der Waals surface area contributed by atoms with Crippen LogP contribution in [0.15, 0.2) is 42.6 Å². The quantitative estimate of drug-likeness (QED) is 0.499. The van der Waals surface area contributed by atoms with Crippen molar-refractivity contribution in [1.29, 1.82) is 0 Å². The number of hydrogen-bond acceptors (Lipinski definition) is 4. The van der Waals surface area contributed by atoms with Crippen molar-refractivity contribution in [3.8, 4) is 5.88 Å². The van der Waals surface area contributed by atoms with Crippen LogP contribution in [0, 0.1) is 16.7 Å². The summed E-state index contributed by atoms with van der Waals surface area (Å²) in [6.07, 6.45) is 4.99. The number of nitrogens with zero attached hydrogens (tertiary/aromatic N) is 3. The van der Waals surface area contributed by atoms with Gasteiger partial charge in [-0.05, 0) is 49.4 Å². The average Bonchev–Trinajstić information content (AvgIpc) is 3.54. The molecule has 8 heteroatoms. The maximum absolute atomic E-state index is 13.7. The summed E-state index contributed by atoms with van der Waals surface area (Å²) in [6.45, 7) is 7.22. The smallest absolute Gasteiger partial charge is 0.228 e. The van der Waals surface area contributed by atoms with Gasteiger partial charge in [-0.25, -0.2) is 4.98 Å². The van der Waals surface area contributed by atoms with E-state index in [1.54, 1.807) is 18.3 Å². The molecule has 3 heterocycles. The normalized spacial score (nSPS) is 25.6. The van der Waals surface area contributed by atoms with Crippen molar-refractivity contribution in [3.63, 3.8) is 0 Å². The van der Waals surface area contributed by atoms with Crippen molar-refractivity contribution in [1.82, 2.24) is 14.8 Å². The maximum atomic E-state index is 13.7. The molecule has 1 aliphatic carbocycles. The molecule has 2 saturated heterocycles. The summed E-state index contributed by atoms with van der Waals surface area (Å²) >= 11 is 12.1. The molecular formula is C28H33Cl2N3O3.